The molecule has 1 nitrogen and oxygen atoms in total. The van der Waals surface area contributed by atoms with E-state index in [1.54, 1.807) is 0 Å². The molecule has 0 radical (unpaired) electrons. The molecular weight excluding hydrogens is 230 g/mol. The van der Waals surface area contributed by atoms with Crippen LogP contribution in [0.2, 0.25) is 5.02 Å². The van der Waals surface area contributed by atoms with E-state index >= 15 is 0 Å². The standard InChI is InChI=1S/C15H22ClN/c1-4-9-17-15(10-12(3)5-2)13-7-6-8-14(16)11-13/h6-8,11,15,17H,3-5,9-10H2,1-2H3. The van der Waals surface area contributed by atoms with Crippen molar-refractivity contribution in [3.8, 4) is 0 Å². The van der Waals surface area contributed by atoms with E-state index in [1.807, 2.05) is 18.2 Å². The second-order valence-electron chi connectivity index (χ2n) is 4.37. The number of nitrogens with one attached hydrogen (secondary N) is 1. The van der Waals surface area contributed by atoms with Crippen LogP contribution in [0.1, 0.15) is 44.7 Å². The van der Waals surface area contributed by atoms with Crippen LogP contribution in [0.25, 0.3) is 0 Å². The summed E-state index contributed by atoms with van der Waals surface area (Å²) in [6.45, 7) is 9.45. The average molecular weight is 252 g/mol. The second-order valence-corrected chi connectivity index (χ2v) is 4.81. The van der Waals surface area contributed by atoms with Gasteiger partial charge in [0.25, 0.3) is 0 Å². The SMILES string of the molecule is C=C(CC)CC(NCCC)c1cccc(Cl)c1. The summed E-state index contributed by atoms with van der Waals surface area (Å²) >= 11 is 6.04. The molecular formula is C15H22ClN. The molecule has 1 aromatic carbocycles. The fourth-order valence-corrected chi connectivity index (χ4v) is 1.98. The molecule has 0 spiro atoms. The van der Waals surface area contributed by atoms with Crippen molar-refractivity contribution >= 4 is 11.6 Å². The lowest BCUT2D eigenvalue weighted by Crippen LogP contribution is -2.22. The van der Waals surface area contributed by atoms with E-state index < -0.39 is 0 Å². The Morgan fingerprint density at radius 1 is 1.41 bits per heavy atom. The number of benzene rings is 1. The van der Waals surface area contributed by atoms with E-state index in [0.717, 1.165) is 30.8 Å². The van der Waals surface area contributed by atoms with Crippen LogP contribution in [0.15, 0.2) is 36.4 Å². The minimum Gasteiger partial charge on any atom is -0.310 e. The van der Waals surface area contributed by atoms with Crippen LogP contribution in [0.5, 0.6) is 0 Å². The minimum absolute atomic E-state index is 0.334. The first-order chi connectivity index (χ1) is 8.17. The Balaban J connectivity index is 2.77. The lowest BCUT2D eigenvalue weighted by molar-refractivity contribution is 0.523. The van der Waals surface area contributed by atoms with Crippen molar-refractivity contribution in [2.45, 2.75) is 39.2 Å². The molecule has 0 saturated carbocycles. The first kappa shape index (κ1) is 14.3. The van der Waals surface area contributed by atoms with Crippen LogP contribution in [-0.2, 0) is 0 Å². The van der Waals surface area contributed by atoms with Gasteiger partial charge in [0.1, 0.15) is 0 Å². The van der Waals surface area contributed by atoms with Crippen LogP contribution in [0.4, 0.5) is 0 Å². The fourth-order valence-electron chi connectivity index (χ4n) is 1.78. The molecule has 1 rings (SSSR count). The molecule has 2 heteroatoms. The molecule has 1 aromatic rings. The van der Waals surface area contributed by atoms with Gasteiger partial charge >= 0.3 is 0 Å². The Hall–Kier alpha value is -0.790. The Morgan fingerprint density at radius 3 is 2.76 bits per heavy atom. The summed E-state index contributed by atoms with van der Waals surface area (Å²) in [4.78, 5) is 0. The van der Waals surface area contributed by atoms with Gasteiger partial charge in [0.15, 0.2) is 0 Å². The van der Waals surface area contributed by atoms with Gasteiger partial charge in [-0.3, -0.25) is 0 Å². The summed E-state index contributed by atoms with van der Waals surface area (Å²) in [5, 5.41) is 4.36. The molecule has 1 N–H and O–H groups in total. The van der Waals surface area contributed by atoms with E-state index in [4.69, 9.17) is 11.6 Å². The van der Waals surface area contributed by atoms with Crippen LogP contribution >= 0.6 is 11.6 Å². The van der Waals surface area contributed by atoms with Gasteiger partial charge in [-0.25, -0.2) is 0 Å². The first-order valence-electron chi connectivity index (χ1n) is 6.32. The normalized spacial score (nSPS) is 12.4. The number of hydrogen-bond donors (Lipinski definition) is 1. The van der Waals surface area contributed by atoms with Crippen molar-refractivity contribution in [2.24, 2.45) is 0 Å². The maximum Gasteiger partial charge on any atom is 0.0409 e. The van der Waals surface area contributed by atoms with E-state index in [1.165, 1.54) is 11.1 Å². The molecule has 17 heavy (non-hydrogen) atoms. The largest absolute Gasteiger partial charge is 0.310 e. The summed E-state index contributed by atoms with van der Waals surface area (Å²) in [5.41, 5.74) is 2.53. The molecule has 0 aliphatic carbocycles. The molecule has 0 aliphatic rings. The highest BCUT2D eigenvalue weighted by Gasteiger charge is 2.11. The minimum atomic E-state index is 0.334. The Labute approximate surface area is 110 Å². The van der Waals surface area contributed by atoms with Gasteiger partial charge in [-0.05, 0) is 43.5 Å². The highest BCUT2D eigenvalue weighted by molar-refractivity contribution is 6.30. The summed E-state index contributed by atoms with van der Waals surface area (Å²) in [7, 11) is 0. The van der Waals surface area contributed by atoms with Crippen molar-refractivity contribution in [3.05, 3.63) is 47.0 Å². The van der Waals surface area contributed by atoms with Gasteiger partial charge < -0.3 is 5.32 Å². The van der Waals surface area contributed by atoms with Crippen molar-refractivity contribution < 1.29 is 0 Å². The van der Waals surface area contributed by atoms with E-state index in [-0.39, 0.29) is 0 Å². The molecule has 94 valence electrons. The maximum absolute atomic E-state index is 6.04. The van der Waals surface area contributed by atoms with Gasteiger partial charge in [0.05, 0.1) is 0 Å². The summed E-state index contributed by atoms with van der Waals surface area (Å²) in [6, 6.07) is 8.42. The molecule has 0 aliphatic heterocycles. The van der Waals surface area contributed by atoms with Crippen LogP contribution < -0.4 is 5.32 Å². The smallest absolute Gasteiger partial charge is 0.0409 e. The Bertz CT molecular complexity index is 360. The van der Waals surface area contributed by atoms with Crippen LogP contribution in [0, 0.1) is 0 Å². The molecule has 0 bridgehead atoms. The molecule has 0 amide bonds. The monoisotopic (exact) mass is 251 g/mol. The molecule has 0 fully saturated rings. The van der Waals surface area contributed by atoms with Crippen molar-refractivity contribution in [1.29, 1.82) is 0 Å². The first-order valence-corrected chi connectivity index (χ1v) is 6.70. The Kier molecular flexibility index (Phi) is 6.31. The predicted molar refractivity (Wildman–Crippen MR) is 76.5 cm³/mol. The third-order valence-corrected chi connectivity index (χ3v) is 3.12. The third kappa shape index (κ3) is 4.93. The van der Waals surface area contributed by atoms with Gasteiger partial charge in [-0.1, -0.05) is 49.7 Å². The predicted octanol–water partition coefficient (Wildman–Crippen LogP) is 4.74. The van der Waals surface area contributed by atoms with Crippen molar-refractivity contribution in [2.75, 3.05) is 6.54 Å². The van der Waals surface area contributed by atoms with Gasteiger partial charge in [0.2, 0.25) is 0 Å². The maximum atomic E-state index is 6.04. The summed E-state index contributed by atoms with van der Waals surface area (Å²) in [5.74, 6) is 0. The topological polar surface area (TPSA) is 12.0 Å². The molecule has 1 atom stereocenters. The molecule has 0 aromatic heterocycles. The van der Waals surface area contributed by atoms with Crippen molar-refractivity contribution in [1.82, 2.24) is 5.32 Å². The number of hydrogen-bond acceptors (Lipinski definition) is 1. The van der Waals surface area contributed by atoms with Gasteiger partial charge in [-0.2, -0.15) is 0 Å². The van der Waals surface area contributed by atoms with Crippen molar-refractivity contribution in [3.63, 3.8) is 0 Å². The zero-order valence-electron chi connectivity index (χ0n) is 10.8. The number of rotatable bonds is 7. The van der Waals surface area contributed by atoms with Crippen LogP contribution in [0.3, 0.4) is 0 Å². The lowest BCUT2D eigenvalue weighted by Gasteiger charge is -2.20. The summed E-state index contributed by atoms with van der Waals surface area (Å²) < 4.78 is 0. The highest BCUT2D eigenvalue weighted by Crippen LogP contribution is 2.24. The molecule has 0 saturated heterocycles. The lowest BCUT2D eigenvalue weighted by atomic mass is 9.98. The van der Waals surface area contributed by atoms with E-state index in [2.05, 4.69) is 31.8 Å². The molecule has 0 heterocycles. The summed E-state index contributed by atoms with van der Waals surface area (Å²) in [6.07, 6.45) is 3.15. The highest BCUT2D eigenvalue weighted by atomic mass is 35.5. The molecule has 1 unspecified atom stereocenters. The fraction of sp³-hybridized carbons (Fsp3) is 0.467. The van der Waals surface area contributed by atoms with E-state index in [9.17, 15) is 0 Å². The Morgan fingerprint density at radius 2 is 2.18 bits per heavy atom. The van der Waals surface area contributed by atoms with E-state index in [0.29, 0.717) is 6.04 Å². The average Bonchev–Trinajstić information content (AvgIpc) is 2.34. The zero-order chi connectivity index (χ0) is 12.7. The van der Waals surface area contributed by atoms with Crippen LogP contribution in [-0.4, -0.2) is 6.54 Å². The third-order valence-electron chi connectivity index (χ3n) is 2.88. The van der Waals surface area contributed by atoms with Gasteiger partial charge in [0, 0.05) is 11.1 Å². The zero-order valence-corrected chi connectivity index (χ0v) is 11.6. The quantitative estimate of drug-likeness (QED) is 0.691. The van der Waals surface area contributed by atoms with Gasteiger partial charge in [-0.15, -0.1) is 0 Å². The second kappa shape index (κ2) is 7.52. The number of halogens is 1.